The number of hydrogen-bond acceptors (Lipinski definition) is 5. The summed E-state index contributed by atoms with van der Waals surface area (Å²) in [4.78, 5) is 23.9. The minimum Gasteiger partial charge on any atom is -0.469 e. The van der Waals surface area contributed by atoms with Crippen LogP contribution in [-0.4, -0.2) is 38.4 Å². The predicted molar refractivity (Wildman–Crippen MR) is 98.1 cm³/mol. The first kappa shape index (κ1) is 24.0. The van der Waals surface area contributed by atoms with Gasteiger partial charge in [0.1, 0.15) is 5.75 Å². The molecule has 0 spiro atoms. The van der Waals surface area contributed by atoms with Crippen LogP contribution in [0.15, 0.2) is 24.3 Å². The highest BCUT2D eigenvalue weighted by atomic mass is 35.5. The normalized spacial score (nSPS) is 17.4. The van der Waals surface area contributed by atoms with Crippen LogP contribution in [0.3, 0.4) is 0 Å². The summed E-state index contributed by atoms with van der Waals surface area (Å²) in [6, 6.07) is 4.37. The fraction of sp³-hybridized carbons (Fsp3) is 0.556. The molecule has 1 amide bonds. The summed E-state index contributed by atoms with van der Waals surface area (Å²) >= 11 is 0. The number of carbonyl (C=O) groups excluding carboxylic acids is 2. The quantitative estimate of drug-likeness (QED) is 0.627. The van der Waals surface area contributed by atoms with Gasteiger partial charge in [-0.15, -0.1) is 25.6 Å². The average Bonchev–Trinajstić information content (AvgIpc) is 3.12. The molecule has 1 aromatic carbocycles. The number of methoxy groups -OCH3 is 1. The summed E-state index contributed by atoms with van der Waals surface area (Å²) in [5, 5.41) is 6.00. The van der Waals surface area contributed by atoms with Gasteiger partial charge in [0.15, 0.2) is 0 Å². The standard InChI is InChI=1S/C18H23F3N2O4.ClH/c1-26-17(25)10-15(23-16(24)7-2-12-8-9-22-11-12)13-3-5-14(6-4-13)27-18(19,20)21;/h3-6,12,15,22H,2,7-11H2,1H3,(H,23,24);1H. The van der Waals surface area contributed by atoms with Crippen LogP contribution in [0.5, 0.6) is 5.75 Å². The van der Waals surface area contributed by atoms with Crippen LogP contribution in [0, 0.1) is 5.92 Å². The van der Waals surface area contributed by atoms with Gasteiger partial charge in [0.25, 0.3) is 0 Å². The second-order valence-electron chi connectivity index (χ2n) is 6.41. The van der Waals surface area contributed by atoms with Crippen LogP contribution in [0.2, 0.25) is 0 Å². The molecule has 28 heavy (non-hydrogen) atoms. The second kappa shape index (κ2) is 11.1. The van der Waals surface area contributed by atoms with Crippen molar-refractivity contribution in [3.63, 3.8) is 0 Å². The molecule has 10 heteroatoms. The Morgan fingerprint density at radius 1 is 1.29 bits per heavy atom. The van der Waals surface area contributed by atoms with Gasteiger partial charge in [-0.05, 0) is 49.5 Å². The molecule has 0 bridgehead atoms. The number of carbonyl (C=O) groups is 2. The number of rotatable bonds is 8. The molecular formula is C18H24ClF3N2O4. The molecule has 1 fully saturated rings. The largest absolute Gasteiger partial charge is 0.573 e. The van der Waals surface area contributed by atoms with E-state index in [9.17, 15) is 22.8 Å². The monoisotopic (exact) mass is 424 g/mol. The van der Waals surface area contributed by atoms with E-state index in [4.69, 9.17) is 0 Å². The van der Waals surface area contributed by atoms with Gasteiger partial charge in [-0.1, -0.05) is 12.1 Å². The van der Waals surface area contributed by atoms with E-state index in [1.807, 2.05) is 0 Å². The third-order valence-electron chi connectivity index (χ3n) is 4.39. The van der Waals surface area contributed by atoms with Crippen LogP contribution >= 0.6 is 12.4 Å². The number of ether oxygens (including phenoxy) is 2. The van der Waals surface area contributed by atoms with Gasteiger partial charge >= 0.3 is 12.3 Å². The summed E-state index contributed by atoms with van der Waals surface area (Å²) in [7, 11) is 1.23. The Hall–Kier alpha value is -2.00. The molecule has 158 valence electrons. The van der Waals surface area contributed by atoms with Gasteiger partial charge in [0, 0.05) is 6.42 Å². The SMILES string of the molecule is COC(=O)CC(NC(=O)CCC1CCNC1)c1ccc(OC(F)(F)F)cc1.Cl. The first-order chi connectivity index (χ1) is 12.8. The van der Waals surface area contributed by atoms with Crippen LogP contribution in [0.4, 0.5) is 13.2 Å². The molecule has 0 saturated carbocycles. The van der Waals surface area contributed by atoms with Crippen molar-refractivity contribution in [1.29, 1.82) is 0 Å². The molecule has 0 aliphatic carbocycles. The number of hydrogen-bond donors (Lipinski definition) is 2. The number of amides is 1. The van der Waals surface area contributed by atoms with Gasteiger partial charge in [-0.2, -0.15) is 0 Å². The fourth-order valence-electron chi connectivity index (χ4n) is 2.97. The van der Waals surface area contributed by atoms with E-state index in [1.165, 1.54) is 19.2 Å². The molecule has 2 atom stereocenters. The number of benzene rings is 1. The van der Waals surface area contributed by atoms with E-state index in [-0.39, 0.29) is 30.5 Å². The zero-order valence-corrected chi connectivity index (χ0v) is 16.2. The Balaban J connectivity index is 0.00000392. The first-order valence-corrected chi connectivity index (χ1v) is 8.69. The molecule has 2 unspecified atom stereocenters. The molecule has 0 radical (unpaired) electrons. The summed E-state index contributed by atoms with van der Waals surface area (Å²) in [5.41, 5.74) is 0.491. The van der Waals surface area contributed by atoms with Crippen molar-refractivity contribution in [2.75, 3.05) is 20.2 Å². The van der Waals surface area contributed by atoms with Crippen molar-refractivity contribution in [1.82, 2.24) is 10.6 Å². The van der Waals surface area contributed by atoms with Crippen molar-refractivity contribution in [2.45, 2.75) is 38.1 Å². The summed E-state index contributed by atoms with van der Waals surface area (Å²) in [5.74, 6) is -0.668. The zero-order valence-electron chi connectivity index (χ0n) is 15.4. The van der Waals surface area contributed by atoms with Crippen LogP contribution in [0.25, 0.3) is 0 Å². The third kappa shape index (κ3) is 8.35. The maximum atomic E-state index is 12.3. The van der Waals surface area contributed by atoms with Gasteiger partial charge in [-0.3, -0.25) is 9.59 Å². The highest BCUT2D eigenvalue weighted by Gasteiger charge is 2.31. The summed E-state index contributed by atoms with van der Waals surface area (Å²) in [6.45, 7) is 1.84. The summed E-state index contributed by atoms with van der Waals surface area (Å²) < 4.78 is 45.2. The second-order valence-corrected chi connectivity index (χ2v) is 6.41. The predicted octanol–water partition coefficient (Wildman–Crippen LogP) is 3.12. The number of nitrogens with one attached hydrogen (secondary N) is 2. The van der Waals surface area contributed by atoms with Gasteiger partial charge in [0.05, 0.1) is 19.6 Å². The molecule has 1 aliphatic heterocycles. The van der Waals surface area contributed by atoms with E-state index < -0.39 is 18.4 Å². The molecule has 1 saturated heterocycles. The highest BCUT2D eigenvalue weighted by molar-refractivity contribution is 5.85. The molecule has 2 rings (SSSR count). The molecule has 1 heterocycles. The molecular weight excluding hydrogens is 401 g/mol. The zero-order chi connectivity index (χ0) is 19.9. The van der Waals surface area contributed by atoms with Crippen molar-refractivity contribution >= 4 is 24.3 Å². The average molecular weight is 425 g/mol. The van der Waals surface area contributed by atoms with Crippen molar-refractivity contribution in [3.8, 4) is 5.75 Å². The Bertz CT molecular complexity index is 635. The van der Waals surface area contributed by atoms with Crippen molar-refractivity contribution in [2.24, 2.45) is 5.92 Å². The van der Waals surface area contributed by atoms with E-state index >= 15 is 0 Å². The Morgan fingerprint density at radius 2 is 1.96 bits per heavy atom. The van der Waals surface area contributed by atoms with E-state index in [0.717, 1.165) is 38.1 Å². The maximum Gasteiger partial charge on any atom is 0.573 e. The van der Waals surface area contributed by atoms with Crippen molar-refractivity contribution in [3.05, 3.63) is 29.8 Å². The van der Waals surface area contributed by atoms with E-state index in [0.29, 0.717) is 17.9 Å². The van der Waals surface area contributed by atoms with Crippen LogP contribution in [0.1, 0.15) is 37.3 Å². The van der Waals surface area contributed by atoms with Gasteiger partial charge in [-0.25, -0.2) is 0 Å². The topological polar surface area (TPSA) is 76.7 Å². The van der Waals surface area contributed by atoms with Crippen LogP contribution in [-0.2, 0) is 14.3 Å². The lowest BCUT2D eigenvalue weighted by Gasteiger charge is -2.19. The summed E-state index contributed by atoms with van der Waals surface area (Å²) in [6.07, 6.45) is -2.82. The molecule has 6 nitrogen and oxygen atoms in total. The highest BCUT2D eigenvalue weighted by Crippen LogP contribution is 2.26. The smallest absolute Gasteiger partial charge is 0.469 e. The van der Waals surface area contributed by atoms with E-state index in [1.54, 1.807) is 0 Å². The lowest BCUT2D eigenvalue weighted by atomic mass is 10.0. The Kier molecular flexibility index (Phi) is 9.54. The Morgan fingerprint density at radius 3 is 2.50 bits per heavy atom. The maximum absolute atomic E-state index is 12.3. The van der Waals surface area contributed by atoms with E-state index in [2.05, 4.69) is 20.1 Å². The lowest BCUT2D eigenvalue weighted by molar-refractivity contribution is -0.274. The third-order valence-corrected chi connectivity index (χ3v) is 4.39. The van der Waals surface area contributed by atoms with Gasteiger partial charge in [0.2, 0.25) is 5.91 Å². The van der Waals surface area contributed by atoms with Crippen molar-refractivity contribution < 1.29 is 32.2 Å². The molecule has 0 aromatic heterocycles. The van der Waals surface area contributed by atoms with Gasteiger partial charge < -0.3 is 20.1 Å². The minimum atomic E-state index is -4.78. The first-order valence-electron chi connectivity index (χ1n) is 8.69. The fourth-order valence-corrected chi connectivity index (χ4v) is 2.97. The number of alkyl halides is 3. The molecule has 2 N–H and O–H groups in total. The number of esters is 1. The lowest BCUT2D eigenvalue weighted by Crippen LogP contribution is -2.30. The number of halogens is 4. The molecule has 1 aliphatic rings. The molecule has 1 aromatic rings. The minimum absolute atomic E-state index is 0. The van der Waals surface area contributed by atoms with Crippen LogP contribution < -0.4 is 15.4 Å². The Labute approximate surface area is 167 Å².